The van der Waals surface area contributed by atoms with Crippen LogP contribution < -0.4 is 5.32 Å². The van der Waals surface area contributed by atoms with E-state index < -0.39 is 11.7 Å². The highest BCUT2D eigenvalue weighted by molar-refractivity contribution is 5.47. The molecule has 0 saturated carbocycles. The van der Waals surface area contributed by atoms with Crippen LogP contribution in [0.5, 0.6) is 0 Å². The monoisotopic (exact) mass is 499 g/mol. The Labute approximate surface area is 225 Å². The Balaban J connectivity index is 1.50. The third-order valence-electron chi connectivity index (χ3n) is 6.92. The van der Waals surface area contributed by atoms with Gasteiger partial charge >= 0.3 is 0 Å². The summed E-state index contributed by atoms with van der Waals surface area (Å²) in [5.41, 5.74) is 4.33. The Bertz CT molecular complexity index is 1260. The van der Waals surface area contributed by atoms with Crippen molar-refractivity contribution >= 4 is 0 Å². The van der Waals surface area contributed by atoms with Crippen molar-refractivity contribution in [1.29, 1.82) is 0 Å². The fourth-order valence-electron chi connectivity index (χ4n) is 5.04. The van der Waals surface area contributed by atoms with E-state index in [-0.39, 0.29) is 12.6 Å². The fourth-order valence-corrected chi connectivity index (χ4v) is 5.04. The lowest BCUT2D eigenvalue weighted by Crippen LogP contribution is -2.40. The molecule has 5 aromatic rings. The maximum Gasteiger partial charge on any atom is 0.143 e. The molecule has 3 nitrogen and oxygen atoms in total. The third kappa shape index (κ3) is 5.76. The van der Waals surface area contributed by atoms with Gasteiger partial charge in [0, 0.05) is 6.54 Å². The van der Waals surface area contributed by atoms with Gasteiger partial charge < -0.3 is 15.2 Å². The second kappa shape index (κ2) is 12.5. The van der Waals surface area contributed by atoms with Crippen LogP contribution in [0.25, 0.3) is 0 Å². The number of benzene rings is 5. The van der Waals surface area contributed by atoms with E-state index in [9.17, 15) is 5.11 Å². The number of hydrogen-bond donors (Lipinski definition) is 2. The lowest BCUT2D eigenvalue weighted by Gasteiger charge is -2.37. The van der Waals surface area contributed by atoms with E-state index in [1.807, 2.05) is 103 Å². The molecular formula is C35H33NO2. The molecule has 0 aliphatic heterocycles. The van der Waals surface area contributed by atoms with Crippen molar-refractivity contribution < 1.29 is 9.84 Å². The zero-order valence-corrected chi connectivity index (χ0v) is 21.4. The number of ether oxygens (including phenoxy) is 1. The van der Waals surface area contributed by atoms with Crippen LogP contribution in [-0.4, -0.2) is 17.8 Å². The summed E-state index contributed by atoms with van der Waals surface area (Å²) in [6.07, 6.45) is -0.795. The molecule has 0 radical (unpaired) electrons. The average molecular weight is 500 g/mol. The summed E-state index contributed by atoms with van der Waals surface area (Å²) in [6, 6.07) is 50.8. The maximum absolute atomic E-state index is 11.7. The van der Waals surface area contributed by atoms with Crippen LogP contribution >= 0.6 is 0 Å². The second-order valence-electron chi connectivity index (χ2n) is 9.41. The van der Waals surface area contributed by atoms with E-state index in [1.54, 1.807) is 0 Å². The molecule has 2 atom stereocenters. The van der Waals surface area contributed by atoms with Crippen LogP contribution in [0.2, 0.25) is 0 Å². The largest absolute Gasteiger partial charge is 0.389 e. The van der Waals surface area contributed by atoms with Crippen molar-refractivity contribution in [2.24, 2.45) is 0 Å². The first-order chi connectivity index (χ1) is 18.8. The average Bonchev–Trinajstić information content (AvgIpc) is 3.00. The smallest absolute Gasteiger partial charge is 0.143 e. The van der Waals surface area contributed by atoms with Crippen molar-refractivity contribution in [2.45, 2.75) is 24.3 Å². The number of nitrogens with one attached hydrogen (secondary N) is 1. The first kappa shape index (κ1) is 25.6. The van der Waals surface area contributed by atoms with Crippen LogP contribution in [0.15, 0.2) is 152 Å². The van der Waals surface area contributed by atoms with E-state index in [0.717, 1.165) is 27.8 Å². The van der Waals surface area contributed by atoms with Crippen molar-refractivity contribution in [2.75, 3.05) is 6.61 Å². The minimum absolute atomic E-state index is 0.125. The van der Waals surface area contributed by atoms with Crippen molar-refractivity contribution in [3.63, 3.8) is 0 Å². The van der Waals surface area contributed by atoms with Crippen LogP contribution in [0, 0.1) is 0 Å². The van der Waals surface area contributed by atoms with Gasteiger partial charge in [0.05, 0.1) is 18.8 Å². The minimum atomic E-state index is -0.884. The highest BCUT2D eigenvalue weighted by Crippen LogP contribution is 2.40. The highest BCUT2D eigenvalue weighted by Gasteiger charge is 2.38. The number of hydrogen-bond acceptors (Lipinski definition) is 3. The van der Waals surface area contributed by atoms with Crippen molar-refractivity contribution in [1.82, 2.24) is 5.32 Å². The van der Waals surface area contributed by atoms with E-state index in [0.29, 0.717) is 6.54 Å². The van der Waals surface area contributed by atoms with E-state index in [4.69, 9.17) is 4.74 Å². The molecule has 0 aromatic heterocycles. The topological polar surface area (TPSA) is 41.5 Å². The van der Waals surface area contributed by atoms with Crippen LogP contribution in [0.1, 0.15) is 33.9 Å². The third-order valence-corrected chi connectivity index (χ3v) is 6.92. The molecule has 38 heavy (non-hydrogen) atoms. The SMILES string of the molecule is O[C@@H](COC(c1ccccc1)(c1ccccc1)c1ccccc1)[C@H](NCc1ccccc1)c1ccccc1. The molecule has 0 heterocycles. The van der Waals surface area contributed by atoms with Gasteiger partial charge in [-0.25, -0.2) is 0 Å². The van der Waals surface area contributed by atoms with Gasteiger partial charge in [-0.3, -0.25) is 0 Å². The summed E-state index contributed by atoms with van der Waals surface area (Å²) in [4.78, 5) is 0. The Morgan fingerprint density at radius 3 is 1.39 bits per heavy atom. The van der Waals surface area contributed by atoms with Gasteiger partial charge in [0.2, 0.25) is 0 Å². The first-order valence-electron chi connectivity index (χ1n) is 13.1. The maximum atomic E-state index is 11.7. The van der Waals surface area contributed by atoms with Gasteiger partial charge in [0.15, 0.2) is 0 Å². The summed E-state index contributed by atoms with van der Waals surface area (Å²) in [6.45, 7) is 0.763. The molecular weight excluding hydrogens is 466 g/mol. The number of rotatable bonds is 11. The van der Waals surface area contributed by atoms with Crippen molar-refractivity contribution in [3.05, 3.63) is 179 Å². The first-order valence-corrected chi connectivity index (χ1v) is 13.1. The van der Waals surface area contributed by atoms with Crippen LogP contribution in [-0.2, 0) is 16.9 Å². The molecule has 0 spiro atoms. The molecule has 5 rings (SSSR count). The Kier molecular flexibility index (Phi) is 8.42. The fraction of sp³-hybridized carbons (Fsp3) is 0.143. The van der Waals surface area contributed by atoms with Gasteiger partial charge in [-0.2, -0.15) is 0 Å². The number of aliphatic hydroxyl groups excluding tert-OH is 1. The molecule has 0 fully saturated rings. The van der Waals surface area contributed by atoms with Gasteiger partial charge in [0.1, 0.15) is 5.60 Å². The lowest BCUT2D eigenvalue weighted by molar-refractivity contribution is -0.0492. The molecule has 0 aliphatic carbocycles. The van der Waals surface area contributed by atoms with Gasteiger partial charge in [-0.15, -0.1) is 0 Å². The normalized spacial score (nSPS) is 13.1. The molecule has 190 valence electrons. The Morgan fingerprint density at radius 1 is 0.553 bits per heavy atom. The molecule has 0 amide bonds. The summed E-state index contributed by atoms with van der Waals surface area (Å²) >= 11 is 0. The quantitative estimate of drug-likeness (QED) is 0.195. The van der Waals surface area contributed by atoms with Crippen molar-refractivity contribution in [3.8, 4) is 0 Å². The molecule has 2 N–H and O–H groups in total. The van der Waals surface area contributed by atoms with Crippen LogP contribution in [0.4, 0.5) is 0 Å². The molecule has 0 bridgehead atoms. The Morgan fingerprint density at radius 2 is 0.947 bits per heavy atom. The predicted molar refractivity (Wildman–Crippen MR) is 154 cm³/mol. The highest BCUT2D eigenvalue weighted by atomic mass is 16.5. The summed E-state index contributed by atoms with van der Waals surface area (Å²) in [5, 5.41) is 15.2. The molecule has 0 unspecified atom stereocenters. The predicted octanol–water partition coefficient (Wildman–Crippen LogP) is 6.89. The zero-order chi connectivity index (χ0) is 26.0. The number of aliphatic hydroxyl groups is 1. The lowest BCUT2D eigenvalue weighted by atomic mass is 9.80. The van der Waals surface area contributed by atoms with E-state index in [2.05, 4.69) is 53.8 Å². The molecule has 5 aromatic carbocycles. The second-order valence-corrected chi connectivity index (χ2v) is 9.41. The molecule has 3 heteroatoms. The summed E-state index contributed by atoms with van der Waals surface area (Å²) in [7, 11) is 0. The minimum Gasteiger partial charge on any atom is -0.389 e. The van der Waals surface area contributed by atoms with Gasteiger partial charge in [-0.05, 0) is 27.8 Å². The van der Waals surface area contributed by atoms with Gasteiger partial charge in [-0.1, -0.05) is 152 Å². The van der Waals surface area contributed by atoms with Crippen LogP contribution in [0.3, 0.4) is 0 Å². The van der Waals surface area contributed by atoms with E-state index >= 15 is 0 Å². The zero-order valence-electron chi connectivity index (χ0n) is 21.4. The Hall–Kier alpha value is -4.02. The summed E-state index contributed by atoms with van der Waals surface area (Å²) < 4.78 is 6.91. The molecule has 0 aliphatic rings. The molecule has 0 saturated heterocycles. The standard InChI is InChI=1S/C35H33NO2/c37-33(34(29-18-8-2-9-19-29)36-26-28-16-6-1-7-17-28)27-38-35(30-20-10-3-11-21-30,31-22-12-4-13-23-31)32-24-14-5-15-25-32/h1-25,33-34,36-37H,26-27H2/t33-,34+/m0/s1. The van der Waals surface area contributed by atoms with E-state index in [1.165, 1.54) is 0 Å². The summed E-state index contributed by atoms with van der Waals surface area (Å²) in [5.74, 6) is 0. The van der Waals surface area contributed by atoms with Gasteiger partial charge in [0.25, 0.3) is 0 Å².